The fourth-order valence-corrected chi connectivity index (χ4v) is 2.42. The van der Waals surface area contributed by atoms with Gasteiger partial charge in [-0.05, 0) is 31.2 Å². The number of rotatable bonds is 4. The molecule has 0 atom stereocenters. The number of carbonyl (C=O) groups is 3. The van der Waals surface area contributed by atoms with Gasteiger partial charge in [-0.15, -0.1) is 0 Å². The molecule has 6 nitrogen and oxygen atoms in total. The van der Waals surface area contributed by atoms with Crippen molar-refractivity contribution in [3.05, 3.63) is 59.4 Å². The number of anilines is 1. The summed E-state index contributed by atoms with van der Waals surface area (Å²) >= 11 is 0. The van der Waals surface area contributed by atoms with Crippen LogP contribution in [-0.4, -0.2) is 34.2 Å². The Labute approximate surface area is 133 Å². The maximum atomic E-state index is 12.2. The molecule has 0 saturated heterocycles. The minimum absolute atomic E-state index is 0.0410. The van der Waals surface area contributed by atoms with Crippen molar-refractivity contribution >= 4 is 23.4 Å². The highest BCUT2D eigenvalue weighted by Gasteiger charge is 2.34. The van der Waals surface area contributed by atoms with Gasteiger partial charge >= 0.3 is 0 Å². The van der Waals surface area contributed by atoms with Gasteiger partial charge in [0, 0.05) is 18.7 Å². The molecule has 0 radical (unpaired) electrons. The van der Waals surface area contributed by atoms with E-state index in [2.05, 4.69) is 10.3 Å². The first-order chi connectivity index (χ1) is 11.1. The molecule has 1 aliphatic heterocycles. The third kappa shape index (κ3) is 2.96. The van der Waals surface area contributed by atoms with E-state index >= 15 is 0 Å². The van der Waals surface area contributed by atoms with E-state index in [0.29, 0.717) is 16.8 Å². The lowest BCUT2D eigenvalue weighted by Gasteiger charge is -2.13. The monoisotopic (exact) mass is 309 g/mol. The molecule has 3 amide bonds. The average Bonchev–Trinajstić information content (AvgIpc) is 2.80. The fraction of sp³-hybridized carbons (Fsp3) is 0.176. The van der Waals surface area contributed by atoms with Crippen LogP contribution in [0.5, 0.6) is 0 Å². The Hall–Kier alpha value is -3.02. The zero-order valence-electron chi connectivity index (χ0n) is 12.6. The molecule has 2 aromatic rings. The number of hydrogen-bond acceptors (Lipinski definition) is 4. The summed E-state index contributed by atoms with van der Waals surface area (Å²) in [5.74, 6) is -0.974. The average molecular weight is 309 g/mol. The van der Waals surface area contributed by atoms with Crippen molar-refractivity contribution in [3.8, 4) is 0 Å². The molecule has 0 spiro atoms. The van der Waals surface area contributed by atoms with E-state index in [9.17, 15) is 14.4 Å². The molecule has 1 aliphatic rings. The van der Waals surface area contributed by atoms with Crippen LogP contribution in [0, 0.1) is 6.92 Å². The van der Waals surface area contributed by atoms with Gasteiger partial charge in [0.1, 0.15) is 0 Å². The van der Waals surface area contributed by atoms with Crippen LogP contribution in [0.4, 0.5) is 5.69 Å². The summed E-state index contributed by atoms with van der Waals surface area (Å²) in [6, 6.07) is 10.2. The van der Waals surface area contributed by atoms with Crippen LogP contribution >= 0.6 is 0 Å². The standard InChI is InChI=1S/C17H15N3O3/c1-11-6-7-12(10-18-11)19-15(21)8-9-20-16(22)13-4-2-3-5-14(13)17(20)23/h2-7,10H,8-9H2,1H3,(H,19,21). The van der Waals surface area contributed by atoms with Crippen LogP contribution in [0.25, 0.3) is 0 Å². The quantitative estimate of drug-likeness (QED) is 0.876. The topological polar surface area (TPSA) is 79.4 Å². The number of benzene rings is 1. The number of pyridine rings is 1. The number of aryl methyl sites for hydroxylation is 1. The lowest BCUT2D eigenvalue weighted by molar-refractivity contribution is -0.116. The number of hydrogen-bond donors (Lipinski definition) is 1. The van der Waals surface area contributed by atoms with Crippen LogP contribution < -0.4 is 5.32 Å². The molecule has 6 heteroatoms. The summed E-state index contributed by atoms with van der Waals surface area (Å²) in [6.45, 7) is 1.91. The van der Waals surface area contributed by atoms with Crippen molar-refractivity contribution in [3.63, 3.8) is 0 Å². The van der Waals surface area contributed by atoms with Gasteiger partial charge in [0.2, 0.25) is 5.91 Å². The summed E-state index contributed by atoms with van der Waals surface area (Å²) in [5, 5.41) is 2.69. The summed E-state index contributed by atoms with van der Waals surface area (Å²) in [6.07, 6.45) is 1.61. The molecule has 2 heterocycles. The Morgan fingerprint density at radius 1 is 1.09 bits per heavy atom. The third-order valence-corrected chi connectivity index (χ3v) is 3.64. The van der Waals surface area contributed by atoms with E-state index in [1.807, 2.05) is 6.92 Å². The Bertz CT molecular complexity index is 749. The predicted octanol–water partition coefficient (Wildman–Crippen LogP) is 2.01. The SMILES string of the molecule is Cc1ccc(NC(=O)CCN2C(=O)c3ccccc3C2=O)cn1. The van der Waals surface area contributed by atoms with Crippen molar-refractivity contribution in [2.24, 2.45) is 0 Å². The van der Waals surface area contributed by atoms with Crippen LogP contribution in [0.1, 0.15) is 32.8 Å². The van der Waals surface area contributed by atoms with Crippen LogP contribution in [0.15, 0.2) is 42.6 Å². The van der Waals surface area contributed by atoms with Crippen LogP contribution in [0.3, 0.4) is 0 Å². The van der Waals surface area contributed by atoms with Gasteiger partial charge in [0.25, 0.3) is 11.8 Å². The predicted molar refractivity (Wildman–Crippen MR) is 84.0 cm³/mol. The maximum absolute atomic E-state index is 12.2. The van der Waals surface area contributed by atoms with Gasteiger partial charge in [-0.25, -0.2) is 0 Å². The van der Waals surface area contributed by atoms with Crippen LogP contribution in [-0.2, 0) is 4.79 Å². The molecule has 1 aromatic heterocycles. The maximum Gasteiger partial charge on any atom is 0.261 e. The van der Waals surface area contributed by atoms with E-state index in [0.717, 1.165) is 10.6 Å². The summed E-state index contributed by atoms with van der Waals surface area (Å²) in [7, 11) is 0. The Balaban J connectivity index is 1.61. The first-order valence-electron chi connectivity index (χ1n) is 7.24. The Morgan fingerprint density at radius 3 is 2.30 bits per heavy atom. The van der Waals surface area contributed by atoms with Crippen molar-refractivity contribution in [2.45, 2.75) is 13.3 Å². The number of aromatic nitrogens is 1. The van der Waals surface area contributed by atoms with Gasteiger partial charge < -0.3 is 5.32 Å². The highest BCUT2D eigenvalue weighted by atomic mass is 16.2. The lowest BCUT2D eigenvalue weighted by atomic mass is 10.1. The highest BCUT2D eigenvalue weighted by molar-refractivity contribution is 6.21. The minimum Gasteiger partial charge on any atom is -0.325 e. The Kier molecular flexibility index (Phi) is 3.89. The third-order valence-electron chi connectivity index (χ3n) is 3.64. The molecule has 0 bridgehead atoms. The van der Waals surface area contributed by atoms with Crippen molar-refractivity contribution in [2.75, 3.05) is 11.9 Å². The number of fused-ring (bicyclic) bond motifs is 1. The molecule has 1 N–H and O–H groups in total. The molecule has 1 aromatic carbocycles. The minimum atomic E-state index is -0.351. The smallest absolute Gasteiger partial charge is 0.261 e. The van der Waals surface area contributed by atoms with E-state index in [4.69, 9.17) is 0 Å². The second-order valence-corrected chi connectivity index (χ2v) is 5.29. The van der Waals surface area contributed by atoms with Gasteiger partial charge in [-0.2, -0.15) is 0 Å². The number of nitrogens with zero attached hydrogens (tertiary/aromatic N) is 2. The lowest BCUT2D eigenvalue weighted by Crippen LogP contribution is -2.32. The highest BCUT2D eigenvalue weighted by Crippen LogP contribution is 2.22. The van der Waals surface area contributed by atoms with Gasteiger partial charge in [0.15, 0.2) is 0 Å². The summed E-state index contributed by atoms with van der Waals surface area (Å²) in [5.41, 5.74) is 2.22. The van der Waals surface area contributed by atoms with Gasteiger partial charge in [-0.3, -0.25) is 24.3 Å². The van der Waals surface area contributed by atoms with Crippen LogP contribution in [0.2, 0.25) is 0 Å². The van der Waals surface area contributed by atoms with Crippen molar-refractivity contribution < 1.29 is 14.4 Å². The largest absolute Gasteiger partial charge is 0.325 e. The number of nitrogens with one attached hydrogen (secondary N) is 1. The first-order valence-corrected chi connectivity index (χ1v) is 7.24. The van der Waals surface area contributed by atoms with Crippen molar-refractivity contribution in [1.82, 2.24) is 9.88 Å². The summed E-state index contributed by atoms with van der Waals surface area (Å²) in [4.78, 5) is 41.5. The molecule has 0 unspecified atom stereocenters. The van der Waals surface area contributed by atoms with E-state index in [1.54, 1.807) is 42.6 Å². The van der Waals surface area contributed by atoms with Gasteiger partial charge in [0.05, 0.1) is 23.0 Å². The molecule has 116 valence electrons. The molecule has 3 rings (SSSR count). The molecule has 0 fully saturated rings. The van der Waals surface area contributed by atoms with Crippen molar-refractivity contribution in [1.29, 1.82) is 0 Å². The molecule has 0 aliphatic carbocycles. The number of carbonyl (C=O) groups excluding carboxylic acids is 3. The normalized spacial score (nSPS) is 13.2. The number of imide groups is 1. The van der Waals surface area contributed by atoms with E-state index in [-0.39, 0.29) is 30.7 Å². The van der Waals surface area contributed by atoms with Gasteiger partial charge in [-0.1, -0.05) is 12.1 Å². The second-order valence-electron chi connectivity index (χ2n) is 5.29. The number of amides is 3. The zero-order valence-corrected chi connectivity index (χ0v) is 12.6. The molecular weight excluding hydrogens is 294 g/mol. The van der Waals surface area contributed by atoms with E-state index < -0.39 is 0 Å². The second kappa shape index (κ2) is 6.00. The summed E-state index contributed by atoms with van der Waals surface area (Å²) < 4.78 is 0. The first kappa shape index (κ1) is 14.9. The molecular formula is C17H15N3O3. The Morgan fingerprint density at radius 2 is 1.74 bits per heavy atom. The molecule has 0 saturated carbocycles. The molecule has 23 heavy (non-hydrogen) atoms. The zero-order chi connectivity index (χ0) is 16.4. The van der Waals surface area contributed by atoms with E-state index in [1.165, 1.54) is 0 Å². The fourth-order valence-electron chi connectivity index (χ4n) is 2.42.